The van der Waals surface area contributed by atoms with Crippen LogP contribution in [0.1, 0.15) is 18.5 Å². The van der Waals surface area contributed by atoms with E-state index >= 15 is 0 Å². The van der Waals surface area contributed by atoms with Gasteiger partial charge in [0.1, 0.15) is 16.4 Å². The summed E-state index contributed by atoms with van der Waals surface area (Å²) in [4.78, 5) is 12.3. The maximum atomic E-state index is 5.81. The molecule has 0 aliphatic carbocycles. The topological polar surface area (TPSA) is 64.7 Å². The first-order valence-corrected chi connectivity index (χ1v) is 5.73. The molecule has 0 bridgehead atoms. The van der Waals surface area contributed by atoms with Crippen molar-refractivity contribution in [2.45, 2.75) is 23.0 Å². The lowest BCUT2D eigenvalue weighted by Crippen LogP contribution is -2.04. The molecule has 0 fully saturated rings. The van der Waals surface area contributed by atoms with Gasteiger partial charge in [-0.05, 0) is 42.4 Å². The second-order valence-corrected chi connectivity index (χ2v) is 4.41. The average Bonchev–Trinajstić information content (AvgIpc) is 2.30. The second-order valence-electron chi connectivity index (χ2n) is 3.37. The summed E-state index contributed by atoms with van der Waals surface area (Å²) in [5.74, 6) is 0. The van der Waals surface area contributed by atoms with Gasteiger partial charge in [0.15, 0.2) is 0 Å². The maximum Gasteiger partial charge on any atom is 0.116 e. The molecule has 16 heavy (non-hydrogen) atoms. The highest BCUT2D eigenvalue weighted by Gasteiger charge is 2.03. The number of nitrogens with two attached hydrogens (primary N) is 1. The molecule has 4 nitrogen and oxygen atoms in total. The fourth-order valence-corrected chi connectivity index (χ4v) is 1.96. The van der Waals surface area contributed by atoms with Crippen LogP contribution >= 0.6 is 11.8 Å². The van der Waals surface area contributed by atoms with Crippen molar-refractivity contribution >= 4 is 11.8 Å². The molecule has 2 aromatic rings. The van der Waals surface area contributed by atoms with Gasteiger partial charge in [-0.15, -0.1) is 0 Å². The standard InChI is InChI=1S/C11H12N4S/c1-8(12)9-2-5-14-11(6-9)16-10-3-4-13-7-15-10/h2-8H,12H2,1H3/t8-/m0/s1. The van der Waals surface area contributed by atoms with Gasteiger partial charge in [-0.1, -0.05) is 0 Å². The fourth-order valence-electron chi connectivity index (χ4n) is 1.21. The van der Waals surface area contributed by atoms with E-state index in [1.165, 1.54) is 18.1 Å². The molecule has 2 rings (SSSR count). The molecule has 2 heterocycles. The Bertz CT molecular complexity index is 459. The molecule has 82 valence electrons. The van der Waals surface area contributed by atoms with Gasteiger partial charge in [0.25, 0.3) is 0 Å². The molecule has 2 N–H and O–H groups in total. The van der Waals surface area contributed by atoms with Crippen LogP contribution in [0.15, 0.2) is 47.0 Å². The SMILES string of the molecule is C[C@H](N)c1ccnc(Sc2ccncn2)c1. The fraction of sp³-hybridized carbons (Fsp3) is 0.182. The number of pyridine rings is 1. The summed E-state index contributed by atoms with van der Waals surface area (Å²) in [7, 11) is 0. The van der Waals surface area contributed by atoms with Crippen LogP contribution in [0.25, 0.3) is 0 Å². The molecule has 0 aliphatic heterocycles. The lowest BCUT2D eigenvalue weighted by atomic mass is 10.1. The zero-order valence-electron chi connectivity index (χ0n) is 8.87. The molecule has 0 spiro atoms. The van der Waals surface area contributed by atoms with Gasteiger partial charge in [-0.25, -0.2) is 15.0 Å². The minimum absolute atomic E-state index is 0.0211. The number of aromatic nitrogens is 3. The van der Waals surface area contributed by atoms with Crippen LogP contribution in [0.5, 0.6) is 0 Å². The summed E-state index contributed by atoms with van der Waals surface area (Å²) in [6, 6.07) is 5.78. The lowest BCUT2D eigenvalue weighted by molar-refractivity contribution is 0.808. The Labute approximate surface area is 98.3 Å². The molecule has 0 unspecified atom stereocenters. The molecular formula is C11H12N4S. The third kappa shape index (κ3) is 2.77. The van der Waals surface area contributed by atoms with E-state index in [2.05, 4.69) is 15.0 Å². The Balaban J connectivity index is 2.19. The highest BCUT2D eigenvalue weighted by molar-refractivity contribution is 7.99. The largest absolute Gasteiger partial charge is 0.324 e. The quantitative estimate of drug-likeness (QED) is 0.820. The minimum Gasteiger partial charge on any atom is -0.324 e. The highest BCUT2D eigenvalue weighted by atomic mass is 32.2. The smallest absolute Gasteiger partial charge is 0.116 e. The van der Waals surface area contributed by atoms with Crippen LogP contribution in [-0.2, 0) is 0 Å². The minimum atomic E-state index is 0.0211. The van der Waals surface area contributed by atoms with Gasteiger partial charge in [0.05, 0.1) is 0 Å². The van der Waals surface area contributed by atoms with Crippen LogP contribution < -0.4 is 5.73 Å². The van der Waals surface area contributed by atoms with Gasteiger partial charge in [-0.3, -0.25) is 0 Å². The van der Waals surface area contributed by atoms with Crippen molar-refractivity contribution in [3.8, 4) is 0 Å². The van der Waals surface area contributed by atoms with Crippen molar-refractivity contribution in [2.24, 2.45) is 5.73 Å². The average molecular weight is 232 g/mol. The van der Waals surface area contributed by atoms with E-state index in [1.54, 1.807) is 12.4 Å². The van der Waals surface area contributed by atoms with Gasteiger partial charge in [0.2, 0.25) is 0 Å². The summed E-state index contributed by atoms with van der Waals surface area (Å²) in [6.45, 7) is 1.95. The first-order chi connectivity index (χ1) is 7.75. The molecular weight excluding hydrogens is 220 g/mol. The third-order valence-corrected chi connectivity index (χ3v) is 2.93. The monoisotopic (exact) mass is 232 g/mol. The van der Waals surface area contributed by atoms with Crippen LogP contribution in [0.3, 0.4) is 0 Å². The summed E-state index contributed by atoms with van der Waals surface area (Å²) in [5.41, 5.74) is 6.89. The van der Waals surface area contributed by atoms with E-state index in [0.717, 1.165) is 15.6 Å². The first kappa shape index (κ1) is 11.0. The Kier molecular flexibility index (Phi) is 3.48. The van der Waals surface area contributed by atoms with E-state index in [4.69, 9.17) is 5.73 Å². The number of hydrogen-bond donors (Lipinski definition) is 1. The van der Waals surface area contributed by atoms with Crippen LogP contribution in [0, 0.1) is 0 Å². The molecule has 0 aliphatic rings. The van der Waals surface area contributed by atoms with Crippen LogP contribution in [0.4, 0.5) is 0 Å². The van der Waals surface area contributed by atoms with Crippen molar-refractivity contribution < 1.29 is 0 Å². The summed E-state index contributed by atoms with van der Waals surface area (Å²) >= 11 is 1.50. The van der Waals surface area contributed by atoms with E-state index in [0.29, 0.717) is 0 Å². The van der Waals surface area contributed by atoms with Crippen molar-refractivity contribution in [3.63, 3.8) is 0 Å². The summed E-state index contributed by atoms with van der Waals surface area (Å²) < 4.78 is 0. The number of hydrogen-bond acceptors (Lipinski definition) is 5. The number of nitrogens with zero attached hydrogens (tertiary/aromatic N) is 3. The summed E-state index contributed by atoms with van der Waals surface area (Å²) in [5, 5.41) is 1.78. The van der Waals surface area contributed by atoms with Gasteiger partial charge >= 0.3 is 0 Å². The van der Waals surface area contributed by atoms with Crippen molar-refractivity contribution in [3.05, 3.63) is 42.5 Å². The maximum absolute atomic E-state index is 5.81. The van der Waals surface area contributed by atoms with E-state index in [1.807, 2.05) is 25.1 Å². The first-order valence-electron chi connectivity index (χ1n) is 4.91. The lowest BCUT2D eigenvalue weighted by Gasteiger charge is -2.06. The summed E-state index contributed by atoms with van der Waals surface area (Å²) in [6.07, 6.45) is 5.00. The molecule has 0 aromatic carbocycles. The predicted molar refractivity (Wildman–Crippen MR) is 63.0 cm³/mol. The van der Waals surface area contributed by atoms with Gasteiger partial charge in [-0.2, -0.15) is 0 Å². The van der Waals surface area contributed by atoms with E-state index in [-0.39, 0.29) is 6.04 Å². The molecule has 0 radical (unpaired) electrons. The van der Waals surface area contributed by atoms with Crippen LogP contribution in [0.2, 0.25) is 0 Å². The molecule has 0 saturated carbocycles. The zero-order valence-corrected chi connectivity index (χ0v) is 9.69. The Morgan fingerprint density at radius 2 is 2.06 bits per heavy atom. The third-order valence-electron chi connectivity index (χ3n) is 2.05. The zero-order chi connectivity index (χ0) is 11.4. The Morgan fingerprint density at radius 3 is 2.75 bits per heavy atom. The molecule has 1 atom stereocenters. The number of rotatable bonds is 3. The molecule has 5 heteroatoms. The van der Waals surface area contributed by atoms with Gasteiger partial charge < -0.3 is 5.73 Å². The van der Waals surface area contributed by atoms with Crippen molar-refractivity contribution in [2.75, 3.05) is 0 Å². The Hall–Kier alpha value is -1.46. The highest BCUT2D eigenvalue weighted by Crippen LogP contribution is 2.24. The Morgan fingerprint density at radius 1 is 1.19 bits per heavy atom. The molecule has 0 saturated heterocycles. The van der Waals surface area contributed by atoms with Crippen LogP contribution in [-0.4, -0.2) is 15.0 Å². The normalized spacial score (nSPS) is 12.4. The van der Waals surface area contributed by atoms with Crippen molar-refractivity contribution in [1.29, 1.82) is 0 Å². The predicted octanol–water partition coefficient (Wildman–Crippen LogP) is 2.04. The molecule has 2 aromatic heterocycles. The second kappa shape index (κ2) is 5.05. The van der Waals surface area contributed by atoms with Crippen molar-refractivity contribution in [1.82, 2.24) is 15.0 Å². The molecule has 0 amide bonds. The van der Waals surface area contributed by atoms with E-state index in [9.17, 15) is 0 Å². The van der Waals surface area contributed by atoms with E-state index < -0.39 is 0 Å². The van der Waals surface area contributed by atoms with Gasteiger partial charge in [0, 0.05) is 18.4 Å².